The van der Waals surface area contributed by atoms with Gasteiger partial charge < -0.3 is 19.7 Å². The number of pyridine rings is 1. The molecule has 0 spiro atoms. The zero-order valence-electron chi connectivity index (χ0n) is 22.1. The fourth-order valence-electron chi connectivity index (χ4n) is 4.68. The summed E-state index contributed by atoms with van der Waals surface area (Å²) in [6, 6.07) is 13.7. The minimum Gasteiger partial charge on any atom is -0.454 e. The van der Waals surface area contributed by atoms with Crippen molar-refractivity contribution in [2.75, 3.05) is 31.3 Å². The summed E-state index contributed by atoms with van der Waals surface area (Å²) in [6.07, 6.45) is 5.42. The van der Waals surface area contributed by atoms with Gasteiger partial charge in [-0.2, -0.15) is 0 Å². The van der Waals surface area contributed by atoms with Gasteiger partial charge in [-0.15, -0.1) is 0 Å². The third kappa shape index (κ3) is 6.77. The number of aromatic nitrogens is 3. The Kier molecular flexibility index (Phi) is 8.12. The van der Waals surface area contributed by atoms with E-state index in [0.29, 0.717) is 29.7 Å². The standard InChI is InChI=1S/C29H32N6O4/c1-19(28(37)32-20(2)36)14-23-8-11-31-29(34-23)35-12-9-21(10-13-35)16-30-17-24-4-3-5-25(33-24)22-6-7-26-27(15-22)39-18-38-26/h3-8,11,14-15,21,30H,9-10,12-13,16-18H2,1-2H3,(H,32,36,37)/b19-14+. The van der Waals surface area contributed by atoms with Gasteiger partial charge in [0.05, 0.1) is 17.1 Å². The molecule has 2 aliphatic rings. The van der Waals surface area contributed by atoms with E-state index >= 15 is 0 Å². The van der Waals surface area contributed by atoms with Crippen LogP contribution in [0.1, 0.15) is 38.1 Å². The Morgan fingerprint density at radius 3 is 2.69 bits per heavy atom. The van der Waals surface area contributed by atoms with Crippen LogP contribution in [0.4, 0.5) is 5.95 Å². The van der Waals surface area contributed by atoms with E-state index < -0.39 is 5.91 Å². The molecule has 1 saturated heterocycles. The molecule has 1 aromatic carbocycles. The minimum absolute atomic E-state index is 0.259. The maximum absolute atomic E-state index is 12.0. The average molecular weight is 529 g/mol. The van der Waals surface area contributed by atoms with E-state index in [0.717, 1.165) is 60.9 Å². The third-order valence-electron chi connectivity index (χ3n) is 6.79. The Labute approximate surface area is 227 Å². The maximum Gasteiger partial charge on any atom is 0.253 e. The summed E-state index contributed by atoms with van der Waals surface area (Å²) in [5, 5.41) is 5.85. The molecule has 0 saturated carbocycles. The molecule has 0 atom stereocenters. The lowest BCUT2D eigenvalue weighted by molar-refractivity contribution is -0.127. The lowest BCUT2D eigenvalue weighted by atomic mass is 9.97. The molecular formula is C29H32N6O4. The van der Waals surface area contributed by atoms with Gasteiger partial charge >= 0.3 is 0 Å². The van der Waals surface area contributed by atoms with Gasteiger partial charge in [0.2, 0.25) is 18.6 Å². The predicted molar refractivity (Wildman–Crippen MR) is 147 cm³/mol. The highest BCUT2D eigenvalue weighted by Gasteiger charge is 2.21. The number of fused-ring (bicyclic) bond motifs is 1. The quantitative estimate of drug-likeness (QED) is 0.424. The highest BCUT2D eigenvalue weighted by molar-refractivity contribution is 6.05. The van der Waals surface area contributed by atoms with Crippen LogP contribution in [0.2, 0.25) is 0 Å². The fourth-order valence-corrected chi connectivity index (χ4v) is 4.68. The number of hydrogen-bond acceptors (Lipinski definition) is 9. The summed E-state index contributed by atoms with van der Waals surface area (Å²) < 4.78 is 10.9. The van der Waals surface area contributed by atoms with Crippen molar-refractivity contribution in [2.45, 2.75) is 33.2 Å². The second-order valence-corrected chi connectivity index (χ2v) is 9.76. The molecule has 3 aromatic rings. The molecule has 0 aliphatic carbocycles. The summed E-state index contributed by atoms with van der Waals surface area (Å²) in [5.41, 5.74) is 3.96. The highest BCUT2D eigenvalue weighted by Crippen LogP contribution is 2.35. The molecule has 2 aromatic heterocycles. The lowest BCUT2D eigenvalue weighted by Gasteiger charge is -2.32. The van der Waals surface area contributed by atoms with Crippen LogP contribution in [0, 0.1) is 5.92 Å². The third-order valence-corrected chi connectivity index (χ3v) is 6.79. The number of ether oxygens (including phenoxy) is 2. The Hall–Kier alpha value is -4.31. The van der Waals surface area contributed by atoms with E-state index in [1.807, 2.05) is 36.4 Å². The number of rotatable bonds is 8. The molecule has 0 unspecified atom stereocenters. The molecule has 5 rings (SSSR count). The molecule has 2 aliphatic heterocycles. The Bertz CT molecular complexity index is 1380. The second kappa shape index (κ2) is 12.0. The number of hydrogen-bond donors (Lipinski definition) is 2. The SMILES string of the molecule is CC(=O)NC(=O)/C(C)=C/c1ccnc(N2CCC(CNCc3cccc(-c4ccc5c(c4)OCO5)n3)CC2)n1. The molecule has 2 N–H and O–H groups in total. The molecule has 202 valence electrons. The first kappa shape index (κ1) is 26.3. The van der Waals surface area contributed by atoms with E-state index in [-0.39, 0.29) is 12.7 Å². The number of amides is 2. The number of carbonyl (C=O) groups excluding carboxylic acids is 2. The van der Waals surface area contributed by atoms with Gasteiger partial charge in [0.15, 0.2) is 11.5 Å². The molecule has 0 radical (unpaired) electrons. The number of imide groups is 1. The number of anilines is 1. The van der Waals surface area contributed by atoms with Crippen LogP contribution in [0.3, 0.4) is 0 Å². The van der Waals surface area contributed by atoms with Crippen LogP contribution in [0.5, 0.6) is 11.5 Å². The molecule has 0 bridgehead atoms. The van der Waals surface area contributed by atoms with Crippen molar-refractivity contribution in [1.82, 2.24) is 25.6 Å². The normalized spacial score (nSPS) is 15.3. The monoisotopic (exact) mass is 528 g/mol. The van der Waals surface area contributed by atoms with Crippen LogP contribution >= 0.6 is 0 Å². The lowest BCUT2D eigenvalue weighted by Crippen LogP contribution is -2.38. The Morgan fingerprint density at radius 2 is 1.87 bits per heavy atom. The molecule has 10 heteroatoms. The Morgan fingerprint density at radius 1 is 1.05 bits per heavy atom. The first-order chi connectivity index (χ1) is 18.9. The fraction of sp³-hybridized carbons (Fsp3) is 0.345. The van der Waals surface area contributed by atoms with Crippen LogP contribution < -0.4 is 25.0 Å². The minimum atomic E-state index is -0.425. The van der Waals surface area contributed by atoms with E-state index in [4.69, 9.17) is 14.5 Å². The van der Waals surface area contributed by atoms with Crippen molar-refractivity contribution in [1.29, 1.82) is 0 Å². The number of benzene rings is 1. The van der Waals surface area contributed by atoms with Crippen LogP contribution in [-0.4, -0.2) is 53.2 Å². The van der Waals surface area contributed by atoms with Gasteiger partial charge in [0, 0.05) is 43.9 Å². The van der Waals surface area contributed by atoms with Gasteiger partial charge in [-0.05, 0) is 74.7 Å². The summed E-state index contributed by atoms with van der Waals surface area (Å²) in [5.74, 6) is 1.91. The molecular weight excluding hydrogens is 496 g/mol. The first-order valence-corrected chi connectivity index (χ1v) is 13.1. The second-order valence-electron chi connectivity index (χ2n) is 9.76. The molecule has 39 heavy (non-hydrogen) atoms. The van der Waals surface area contributed by atoms with Gasteiger partial charge in [0.25, 0.3) is 5.91 Å². The summed E-state index contributed by atoms with van der Waals surface area (Å²) in [7, 11) is 0. The zero-order chi connectivity index (χ0) is 27.2. The Balaban J connectivity index is 1.10. The number of piperidine rings is 1. The summed E-state index contributed by atoms with van der Waals surface area (Å²) in [6.45, 7) is 6.56. The van der Waals surface area contributed by atoms with Crippen molar-refractivity contribution < 1.29 is 19.1 Å². The van der Waals surface area contributed by atoms with Gasteiger partial charge in [0.1, 0.15) is 0 Å². The van der Waals surface area contributed by atoms with E-state index in [9.17, 15) is 9.59 Å². The van der Waals surface area contributed by atoms with Gasteiger partial charge in [-0.1, -0.05) is 6.07 Å². The molecule has 1 fully saturated rings. The van der Waals surface area contributed by atoms with Crippen LogP contribution in [0.25, 0.3) is 17.3 Å². The molecule has 2 amide bonds. The van der Waals surface area contributed by atoms with E-state index in [1.165, 1.54) is 6.92 Å². The highest BCUT2D eigenvalue weighted by atomic mass is 16.7. The average Bonchev–Trinajstić information content (AvgIpc) is 3.41. The number of carbonyl (C=O) groups is 2. The number of nitrogens with zero attached hydrogens (tertiary/aromatic N) is 4. The number of nitrogens with one attached hydrogen (secondary N) is 2. The largest absolute Gasteiger partial charge is 0.454 e. The smallest absolute Gasteiger partial charge is 0.253 e. The summed E-state index contributed by atoms with van der Waals surface area (Å²) >= 11 is 0. The van der Waals surface area contributed by atoms with E-state index in [1.54, 1.807) is 25.3 Å². The first-order valence-electron chi connectivity index (χ1n) is 13.1. The van der Waals surface area contributed by atoms with Crippen molar-refractivity contribution in [2.24, 2.45) is 5.92 Å². The summed E-state index contributed by atoms with van der Waals surface area (Å²) in [4.78, 5) is 39.2. The van der Waals surface area contributed by atoms with Gasteiger partial charge in [-0.25, -0.2) is 9.97 Å². The van der Waals surface area contributed by atoms with Crippen molar-refractivity contribution >= 4 is 23.8 Å². The van der Waals surface area contributed by atoms with Gasteiger partial charge in [-0.3, -0.25) is 19.9 Å². The topological polar surface area (TPSA) is 119 Å². The molecule has 10 nitrogen and oxygen atoms in total. The van der Waals surface area contributed by atoms with Crippen molar-refractivity contribution in [3.8, 4) is 22.8 Å². The van der Waals surface area contributed by atoms with Crippen molar-refractivity contribution in [3.63, 3.8) is 0 Å². The predicted octanol–water partition coefficient (Wildman–Crippen LogP) is 3.34. The molecule has 4 heterocycles. The zero-order valence-corrected chi connectivity index (χ0v) is 22.1. The van der Waals surface area contributed by atoms with E-state index in [2.05, 4.69) is 25.5 Å². The van der Waals surface area contributed by atoms with Crippen LogP contribution in [-0.2, 0) is 16.1 Å². The van der Waals surface area contributed by atoms with Crippen molar-refractivity contribution in [3.05, 3.63) is 65.6 Å². The van der Waals surface area contributed by atoms with Crippen LogP contribution in [0.15, 0.2) is 54.2 Å². The maximum atomic E-state index is 12.0.